The monoisotopic (exact) mass is 474 g/mol. The summed E-state index contributed by atoms with van der Waals surface area (Å²) in [6.45, 7) is 2.02. The third-order valence-corrected chi connectivity index (χ3v) is 8.16. The fraction of sp³-hybridized carbons (Fsp3) is 0.593. The second-order valence-corrected chi connectivity index (χ2v) is 10.8. The van der Waals surface area contributed by atoms with Crippen LogP contribution in [0.3, 0.4) is 0 Å². The van der Waals surface area contributed by atoms with E-state index in [1.54, 1.807) is 0 Å². The Kier molecular flexibility index (Phi) is 6.57. The number of imidazole rings is 1. The Hall–Kier alpha value is -2.71. The fourth-order valence-corrected chi connectivity index (χ4v) is 6.15. The van der Waals surface area contributed by atoms with Crippen LogP contribution in [0.5, 0.6) is 0 Å². The standard InChI is InChI=1S/C27H38N8/c28-21-10-12-22(13-11-21)30-27-31-25(24-26(32-27)35(18-29-24)23-8-4-5-9-23)33-34-15-14-20(17-34)16-19-6-2-1-3-7-19/h1-3,6-7,18,20-23H,4-5,8-17,28H2,(H2,30,31,32,33)/t20-,21-,22-/m0/s1. The maximum Gasteiger partial charge on any atom is 0.227 e. The first-order valence-electron chi connectivity index (χ1n) is 13.5. The first-order chi connectivity index (χ1) is 17.2. The molecule has 2 aromatic heterocycles. The van der Waals surface area contributed by atoms with Gasteiger partial charge < -0.3 is 21.0 Å². The molecule has 2 aliphatic carbocycles. The summed E-state index contributed by atoms with van der Waals surface area (Å²) in [6, 6.07) is 12.0. The number of aromatic nitrogens is 4. The summed E-state index contributed by atoms with van der Waals surface area (Å²) in [6.07, 6.45) is 13.5. The topological polar surface area (TPSA) is 96.9 Å². The van der Waals surface area contributed by atoms with Crippen LogP contribution in [0.25, 0.3) is 11.2 Å². The van der Waals surface area contributed by atoms with Gasteiger partial charge in [0.25, 0.3) is 0 Å². The maximum atomic E-state index is 6.13. The Morgan fingerprint density at radius 3 is 2.54 bits per heavy atom. The lowest BCUT2D eigenvalue weighted by atomic mass is 9.92. The summed E-state index contributed by atoms with van der Waals surface area (Å²) in [7, 11) is 0. The van der Waals surface area contributed by atoms with Gasteiger partial charge in [-0.2, -0.15) is 9.97 Å². The molecular formula is C27H38N8. The minimum Gasteiger partial charge on any atom is -0.351 e. The molecule has 3 aliphatic rings. The molecule has 3 fully saturated rings. The molecule has 6 rings (SSSR count). The Labute approximate surface area is 207 Å². The largest absolute Gasteiger partial charge is 0.351 e. The fourth-order valence-electron chi connectivity index (χ4n) is 6.15. The number of nitrogens with one attached hydrogen (secondary N) is 2. The normalized spacial score (nSPS) is 25.9. The average Bonchev–Trinajstić information content (AvgIpc) is 3.63. The molecule has 3 aromatic rings. The van der Waals surface area contributed by atoms with Crippen molar-refractivity contribution in [1.29, 1.82) is 0 Å². The highest BCUT2D eigenvalue weighted by Gasteiger charge is 2.27. The van der Waals surface area contributed by atoms with Crippen molar-refractivity contribution >= 4 is 22.9 Å². The number of benzene rings is 1. The van der Waals surface area contributed by atoms with Crippen LogP contribution in [0.1, 0.15) is 69.4 Å². The SMILES string of the molecule is N[C@H]1CC[C@H](Nc2nc(NN3CC[C@@H](Cc4ccccc4)C3)c3ncn(C4CCCC4)c3n2)CC1. The van der Waals surface area contributed by atoms with Crippen molar-refractivity contribution in [3.63, 3.8) is 0 Å². The van der Waals surface area contributed by atoms with Gasteiger partial charge >= 0.3 is 0 Å². The lowest BCUT2D eigenvalue weighted by Crippen LogP contribution is -2.33. The number of nitrogens with zero attached hydrogens (tertiary/aromatic N) is 5. The lowest BCUT2D eigenvalue weighted by molar-refractivity contribution is 0.386. The maximum absolute atomic E-state index is 6.13. The van der Waals surface area contributed by atoms with E-state index >= 15 is 0 Å². The van der Waals surface area contributed by atoms with Gasteiger partial charge in [0.2, 0.25) is 5.95 Å². The van der Waals surface area contributed by atoms with Crippen molar-refractivity contribution in [1.82, 2.24) is 24.5 Å². The molecule has 0 radical (unpaired) electrons. The summed E-state index contributed by atoms with van der Waals surface area (Å²) >= 11 is 0. The van der Waals surface area contributed by atoms with Crippen molar-refractivity contribution in [3.8, 4) is 0 Å². The molecule has 186 valence electrons. The van der Waals surface area contributed by atoms with E-state index in [1.807, 2.05) is 6.33 Å². The van der Waals surface area contributed by atoms with Gasteiger partial charge in [-0.25, -0.2) is 9.99 Å². The number of hydrogen-bond donors (Lipinski definition) is 3. The Bertz CT molecular complexity index is 1110. The molecule has 1 atom stereocenters. The van der Waals surface area contributed by atoms with E-state index in [0.717, 1.165) is 62.2 Å². The van der Waals surface area contributed by atoms with E-state index in [-0.39, 0.29) is 0 Å². The first-order valence-corrected chi connectivity index (χ1v) is 13.5. The van der Waals surface area contributed by atoms with Crippen LogP contribution in [0.15, 0.2) is 36.7 Å². The zero-order valence-corrected chi connectivity index (χ0v) is 20.6. The van der Waals surface area contributed by atoms with Crippen molar-refractivity contribution in [3.05, 3.63) is 42.2 Å². The molecule has 0 amide bonds. The smallest absolute Gasteiger partial charge is 0.227 e. The minimum absolute atomic E-state index is 0.330. The number of nitrogens with two attached hydrogens (primary N) is 1. The zero-order valence-electron chi connectivity index (χ0n) is 20.6. The molecule has 0 unspecified atom stereocenters. The number of fused-ring (bicyclic) bond motifs is 1. The van der Waals surface area contributed by atoms with Crippen LogP contribution in [0, 0.1) is 5.92 Å². The summed E-state index contributed by atoms with van der Waals surface area (Å²) < 4.78 is 2.29. The van der Waals surface area contributed by atoms with Crippen LogP contribution < -0.4 is 16.5 Å². The van der Waals surface area contributed by atoms with Crippen molar-refractivity contribution in [2.45, 2.75) is 82.3 Å². The van der Waals surface area contributed by atoms with E-state index in [4.69, 9.17) is 20.7 Å². The predicted molar refractivity (Wildman–Crippen MR) is 140 cm³/mol. The highest BCUT2D eigenvalue weighted by atomic mass is 15.5. The molecule has 1 aromatic carbocycles. The van der Waals surface area contributed by atoms with Crippen molar-refractivity contribution < 1.29 is 0 Å². The van der Waals surface area contributed by atoms with Gasteiger partial charge in [0.15, 0.2) is 17.0 Å². The lowest BCUT2D eigenvalue weighted by Gasteiger charge is -2.27. The summed E-state index contributed by atoms with van der Waals surface area (Å²) in [5.41, 5.74) is 13.0. The highest BCUT2D eigenvalue weighted by molar-refractivity contribution is 5.84. The molecule has 2 saturated carbocycles. The summed E-state index contributed by atoms with van der Waals surface area (Å²) in [4.78, 5) is 14.7. The molecule has 8 nitrogen and oxygen atoms in total. The molecule has 1 saturated heterocycles. The summed E-state index contributed by atoms with van der Waals surface area (Å²) in [5, 5.41) is 5.94. The van der Waals surface area contributed by atoms with E-state index in [9.17, 15) is 0 Å². The predicted octanol–water partition coefficient (Wildman–Crippen LogP) is 4.51. The third kappa shape index (κ3) is 5.14. The minimum atomic E-state index is 0.330. The average molecular weight is 475 g/mol. The molecule has 35 heavy (non-hydrogen) atoms. The molecular weight excluding hydrogens is 436 g/mol. The molecule has 0 spiro atoms. The van der Waals surface area contributed by atoms with Gasteiger partial charge in [-0.15, -0.1) is 0 Å². The molecule has 8 heteroatoms. The number of rotatable bonds is 7. The molecule has 1 aliphatic heterocycles. The molecule has 4 N–H and O–H groups in total. The Balaban J connectivity index is 1.23. The van der Waals surface area contributed by atoms with Crippen LogP contribution in [-0.2, 0) is 6.42 Å². The van der Waals surface area contributed by atoms with Gasteiger partial charge in [0.05, 0.1) is 6.33 Å². The zero-order chi connectivity index (χ0) is 23.6. The van der Waals surface area contributed by atoms with Crippen LogP contribution in [0.4, 0.5) is 11.8 Å². The Morgan fingerprint density at radius 1 is 0.943 bits per heavy atom. The number of hydrazine groups is 1. The van der Waals surface area contributed by atoms with Crippen LogP contribution in [0.2, 0.25) is 0 Å². The Morgan fingerprint density at radius 2 is 1.74 bits per heavy atom. The summed E-state index contributed by atoms with van der Waals surface area (Å²) in [5.74, 6) is 2.17. The van der Waals surface area contributed by atoms with Crippen LogP contribution >= 0.6 is 0 Å². The van der Waals surface area contributed by atoms with Gasteiger partial charge in [-0.3, -0.25) is 0 Å². The van der Waals surface area contributed by atoms with E-state index in [0.29, 0.717) is 30.0 Å². The number of anilines is 2. The second kappa shape index (κ2) is 10.1. The molecule has 0 bridgehead atoms. The second-order valence-electron chi connectivity index (χ2n) is 10.8. The van der Waals surface area contributed by atoms with Crippen molar-refractivity contribution in [2.24, 2.45) is 11.7 Å². The van der Waals surface area contributed by atoms with E-state index in [2.05, 4.69) is 50.7 Å². The van der Waals surface area contributed by atoms with Gasteiger partial charge in [0, 0.05) is 31.2 Å². The van der Waals surface area contributed by atoms with E-state index < -0.39 is 0 Å². The first kappa shape index (κ1) is 22.7. The van der Waals surface area contributed by atoms with E-state index in [1.165, 1.54) is 37.7 Å². The highest BCUT2D eigenvalue weighted by Crippen LogP contribution is 2.34. The van der Waals surface area contributed by atoms with Gasteiger partial charge in [-0.1, -0.05) is 43.2 Å². The van der Waals surface area contributed by atoms with Crippen LogP contribution in [-0.4, -0.2) is 49.7 Å². The van der Waals surface area contributed by atoms with Crippen molar-refractivity contribution in [2.75, 3.05) is 23.8 Å². The quantitative estimate of drug-likeness (QED) is 0.463. The van der Waals surface area contributed by atoms with Gasteiger partial charge in [-0.05, 0) is 62.8 Å². The van der Waals surface area contributed by atoms with Gasteiger partial charge in [0.1, 0.15) is 0 Å². The molecule has 3 heterocycles. The third-order valence-electron chi connectivity index (χ3n) is 8.16. The number of hydrogen-bond acceptors (Lipinski definition) is 7.